The molecule has 1 aromatic carbocycles. The monoisotopic (exact) mass is 380 g/mol. The Morgan fingerprint density at radius 1 is 1.29 bits per heavy atom. The van der Waals surface area contributed by atoms with E-state index in [9.17, 15) is 20.1 Å². The van der Waals surface area contributed by atoms with Crippen LogP contribution in [0.4, 0.5) is 0 Å². The summed E-state index contributed by atoms with van der Waals surface area (Å²) in [7, 11) is 1.28. The van der Waals surface area contributed by atoms with Crippen LogP contribution < -0.4 is 4.74 Å². The van der Waals surface area contributed by atoms with Crippen molar-refractivity contribution in [3.63, 3.8) is 0 Å². The second-order valence-electron chi connectivity index (χ2n) is 5.48. The van der Waals surface area contributed by atoms with Crippen LogP contribution in [0.2, 0.25) is 10.0 Å². The Hall–Kier alpha value is -1.25. The van der Waals surface area contributed by atoms with E-state index in [0.717, 1.165) is 0 Å². The molecule has 0 amide bonds. The molecular weight excluding hydrogens is 363 g/mol. The maximum atomic E-state index is 12.6. The van der Waals surface area contributed by atoms with Crippen LogP contribution in [0.15, 0.2) is 0 Å². The Bertz CT molecular complexity index is 637. The SMILES string of the molecule is COc1c(Cl)c(O)c(Cl)c(C)c1C(=O)OC1C(O)CC(O)OC1C. The van der Waals surface area contributed by atoms with Crippen LogP contribution >= 0.6 is 23.2 Å². The Balaban J connectivity index is 2.37. The number of rotatable bonds is 3. The first-order valence-electron chi connectivity index (χ1n) is 7.16. The van der Waals surface area contributed by atoms with E-state index >= 15 is 0 Å². The van der Waals surface area contributed by atoms with Crippen LogP contribution in [0.25, 0.3) is 0 Å². The van der Waals surface area contributed by atoms with E-state index < -0.39 is 36.3 Å². The number of phenols is 1. The fourth-order valence-electron chi connectivity index (χ4n) is 2.60. The standard InChI is InChI=1S/C15H18Cl2O7/c1-5-9(14(22-3)11(17)12(20)10(5)16)15(21)24-13-6(2)23-8(19)4-7(13)18/h6-8,13,18-20H,4H2,1-3H3. The fraction of sp³-hybridized carbons (Fsp3) is 0.533. The summed E-state index contributed by atoms with van der Waals surface area (Å²) in [5.41, 5.74) is 0.162. The first-order valence-corrected chi connectivity index (χ1v) is 7.91. The lowest BCUT2D eigenvalue weighted by atomic mass is 10.0. The number of phenolic OH excluding ortho intramolecular Hbond substituents is 1. The van der Waals surface area contributed by atoms with Crippen molar-refractivity contribution in [3.05, 3.63) is 21.2 Å². The van der Waals surface area contributed by atoms with Gasteiger partial charge < -0.3 is 29.5 Å². The fourth-order valence-corrected chi connectivity index (χ4v) is 3.10. The minimum atomic E-state index is -1.13. The second kappa shape index (κ2) is 7.33. The van der Waals surface area contributed by atoms with Gasteiger partial charge in [0.25, 0.3) is 0 Å². The molecule has 1 heterocycles. The number of carbonyl (C=O) groups excluding carboxylic acids is 1. The predicted molar refractivity (Wildman–Crippen MR) is 85.8 cm³/mol. The number of halogens is 2. The number of hydrogen-bond acceptors (Lipinski definition) is 7. The van der Waals surface area contributed by atoms with E-state index in [4.69, 9.17) is 37.4 Å². The van der Waals surface area contributed by atoms with E-state index in [1.807, 2.05) is 0 Å². The van der Waals surface area contributed by atoms with Gasteiger partial charge in [-0.1, -0.05) is 23.2 Å². The molecule has 134 valence electrons. The zero-order valence-corrected chi connectivity index (χ0v) is 14.8. The van der Waals surface area contributed by atoms with Gasteiger partial charge >= 0.3 is 5.97 Å². The number of benzene rings is 1. The number of hydrogen-bond donors (Lipinski definition) is 3. The van der Waals surface area contributed by atoms with Crippen LogP contribution in [-0.4, -0.2) is 53.0 Å². The molecule has 7 nitrogen and oxygen atoms in total. The van der Waals surface area contributed by atoms with Crippen molar-refractivity contribution >= 4 is 29.2 Å². The first-order chi connectivity index (χ1) is 11.2. The highest BCUT2D eigenvalue weighted by molar-refractivity contribution is 6.39. The van der Waals surface area contributed by atoms with Crippen LogP contribution in [0, 0.1) is 6.92 Å². The number of aromatic hydroxyl groups is 1. The maximum absolute atomic E-state index is 12.6. The minimum absolute atomic E-state index is 0.0594. The van der Waals surface area contributed by atoms with Crippen molar-refractivity contribution in [3.8, 4) is 11.5 Å². The predicted octanol–water partition coefficient (Wildman–Crippen LogP) is 2.03. The molecule has 0 spiro atoms. The summed E-state index contributed by atoms with van der Waals surface area (Å²) in [6.45, 7) is 3.06. The summed E-state index contributed by atoms with van der Waals surface area (Å²) in [5, 5.41) is 29.0. The highest BCUT2D eigenvalue weighted by atomic mass is 35.5. The molecular formula is C15H18Cl2O7. The minimum Gasteiger partial charge on any atom is -0.505 e. The van der Waals surface area contributed by atoms with Crippen molar-refractivity contribution in [2.24, 2.45) is 0 Å². The zero-order chi connectivity index (χ0) is 18.2. The number of aliphatic hydroxyl groups excluding tert-OH is 2. The van der Waals surface area contributed by atoms with Gasteiger partial charge in [0.1, 0.15) is 10.6 Å². The lowest BCUT2D eigenvalue weighted by molar-refractivity contribution is -0.226. The molecule has 0 radical (unpaired) electrons. The van der Waals surface area contributed by atoms with E-state index in [0.29, 0.717) is 0 Å². The number of aliphatic hydroxyl groups is 2. The molecule has 1 fully saturated rings. The molecule has 0 saturated carbocycles. The van der Waals surface area contributed by atoms with E-state index in [2.05, 4.69) is 0 Å². The maximum Gasteiger partial charge on any atom is 0.342 e. The quantitative estimate of drug-likeness (QED) is 0.688. The molecule has 0 aliphatic carbocycles. The topological polar surface area (TPSA) is 105 Å². The van der Waals surface area contributed by atoms with Gasteiger partial charge in [-0.05, 0) is 19.4 Å². The summed E-state index contributed by atoms with van der Waals surface area (Å²) in [5.74, 6) is -1.33. The molecule has 1 aromatic rings. The van der Waals surface area contributed by atoms with E-state index in [1.165, 1.54) is 14.0 Å². The third kappa shape index (κ3) is 3.41. The van der Waals surface area contributed by atoms with Gasteiger partial charge in [0.05, 0.1) is 24.3 Å². The molecule has 24 heavy (non-hydrogen) atoms. The van der Waals surface area contributed by atoms with Crippen LogP contribution in [-0.2, 0) is 9.47 Å². The summed E-state index contributed by atoms with van der Waals surface area (Å²) in [6, 6.07) is 0. The zero-order valence-electron chi connectivity index (χ0n) is 13.2. The summed E-state index contributed by atoms with van der Waals surface area (Å²) in [6.07, 6.45) is -4.02. The highest BCUT2D eigenvalue weighted by Gasteiger charge is 2.39. The summed E-state index contributed by atoms with van der Waals surface area (Å²) >= 11 is 11.9. The first kappa shape index (κ1) is 19.1. The van der Waals surface area contributed by atoms with Gasteiger partial charge in [0, 0.05) is 6.42 Å². The number of esters is 1. The van der Waals surface area contributed by atoms with E-state index in [1.54, 1.807) is 6.92 Å². The van der Waals surface area contributed by atoms with Crippen LogP contribution in [0.1, 0.15) is 29.3 Å². The normalized spacial score (nSPS) is 27.0. The lowest BCUT2D eigenvalue weighted by Crippen LogP contribution is -2.49. The number of ether oxygens (including phenoxy) is 3. The molecule has 1 aliphatic rings. The van der Waals surface area contributed by atoms with Gasteiger partial charge in [-0.2, -0.15) is 0 Å². The van der Waals surface area contributed by atoms with Crippen LogP contribution in [0.5, 0.6) is 11.5 Å². The molecule has 4 atom stereocenters. The lowest BCUT2D eigenvalue weighted by Gasteiger charge is -2.35. The molecule has 1 saturated heterocycles. The highest BCUT2D eigenvalue weighted by Crippen LogP contribution is 2.44. The molecule has 1 aliphatic heterocycles. The van der Waals surface area contributed by atoms with Gasteiger partial charge in [-0.3, -0.25) is 0 Å². The third-order valence-corrected chi connectivity index (χ3v) is 4.67. The molecule has 3 N–H and O–H groups in total. The van der Waals surface area contributed by atoms with Gasteiger partial charge in [-0.15, -0.1) is 0 Å². The molecule has 2 rings (SSSR count). The molecule has 4 unspecified atom stereocenters. The van der Waals surface area contributed by atoms with Gasteiger partial charge in [-0.25, -0.2) is 4.79 Å². The molecule has 0 bridgehead atoms. The second-order valence-corrected chi connectivity index (χ2v) is 6.23. The summed E-state index contributed by atoms with van der Waals surface area (Å²) in [4.78, 5) is 12.6. The molecule has 9 heteroatoms. The van der Waals surface area contributed by atoms with Crippen molar-refractivity contribution < 1.29 is 34.3 Å². The summed E-state index contributed by atoms with van der Waals surface area (Å²) < 4.78 is 15.6. The molecule has 0 aromatic heterocycles. The van der Waals surface area contributed by atoms with Crippen molar-refractivity contribution in [1.82, 2.24) is 0 Å². The van der Waals surface area contributed by atoms with E-state index in [-0.39, 0.29) is 33.3 Å². The van der Waals surface area contributed by atoms with Crippen LogP contribution in [0.3, 0.4) is 0 Å². The number of methoxy groups -OCH3 is 1. The average Bonchev–Trinajstić information content (AvgIpc) is 2.51. The Morgan fingerprint density at radius 2 is 1.92 bits per heavy atom. The van der Waals surface area contributed by atoms with Crippen molar-refractivity contribution in [2.45, 2.75) is 44.9 Å². The Labute approximate surface area is 148 Å². The average molecular weight is 381 g/mol. The largest absolute Gasteiger partial charge is 0.505 e. The van der Waals surface area contributed by atoms with Gasteiger partial charge in [0.15, 0.2) is 23.9 Å². The van der Waals surface area contributed by atoms with Crippen molar-refractivity contribution in [2.75, 3.05) is 7.11 Å². The Kier molecular flexibility index (Phi) is 5.83. The van der Waals surface area contributed by atoms with Gasteiger partial charge in [0.2, 0.25) is 0 Å². The Morgan fingerprint density at radius 3 is 2.46 bits per heavy atom. The third-order valence-electron chi connectivity index (χ3n) is 3.85. The number of carbonyl (C=O) groups is 1. The smallest absolute Gasteiger partial charge is 0.342 e. The van der Waals surface area contributed by atoms with Crippen molar-refractivity contribution in [1.29, 1.82) is 0 Å².